The van der Waals surface area contributed by atoms with Crippen molar-refractivity contribution in [2.75, 3.05) is 0 Å². The molecule has 1 aliphatic heterocycles. The minimum absolute atomic E-state index is 0.397. The summed E-state index contributed by atoms with van der Waals surface area (Å²) in [6, 6.07) is 3.32. The van der Waals surface area contributed by atoms with Crippen molar-refractivity contribution >= 4 is 47.4 Å². The summed E-state index contributed by atoms with van der Waals surface area (Å²) >= 11 is 18.2. The lowest BCUT2D eigenvalue weighted by molar-refractivity contribution is 0.00578. The fourth-order valence-electron chi connectivity index (χ4n) is 1.72. The predicted molar refractivity (Wildman–Crippen MR) is 77.2 cm³/mol. The van der Waals surface area contributed by atoms with E-state index < -0.39 is 18.3 Å². The van der Waals surface area contributed by atoms with Crippen LogP contribution in [0.1, 0.15) is 27.7 Å². The van der Waals surface area contributed by atoms with Gasteiger partial charge in [-0.1, -0.05) is 34.8 Å². The molecular weight excluding hydrogens is 293 g/mol. The minimum atomic E-state index is -0.557. The van der Waals surface area contributed by atoms with E-state index in [1.54, 1.807) is 12.1 Å². The van der Waals surface area contributed by atoms with Gasteiger partial charge in [0.05, 0.1) is 21.2 Å². The van der Waals surface area contributed by atoms with Crippen LogP contribution in [0.25, 0.3) is 0 Å². The summed E-state index contributed by atoms with van der Waals surface area (Å²) in [4.78, 5) is 0. The van der Waals surface area contributed by atoms with Gasteiger partial charge in [0.25, 0.3) is 0 Å². The topological polar surface area (TPSA) is 18.5 Å². The third-order valence-electron chi connectivity index (χ3n) is 3.53. The first kappa shape index (κ1) is 14.5. The number of hydrogen-bond donors (Lipinski definition) is 0. The van der Waals surface area contributed by atoms with Crippen LogP contribution < -0.4 is 5.46 Å². The Hall–Kier alpha value is 0.0749. The normalized spacial score (nSPS) is 21.4. The highest BCUT2D eigenvalue weighted by atomic mass is 35.5. The summed E-state index contributed by atoms with van der Waals surface area (Å²) in [5.74, 6) is 0. The smallest absolute Gasteiger partial charge is 0.399 e. The second-order valence-corrected chi connectivity index (χ2v) is 6.60. The monoisotopic (exact) mass is 306 g/mol. The second kappa shape index (κ2) is 4.57. The maximum Gasteiger partial charge on any atom is 0.496 e. The molecule has 1 aromatic carbocycles. The van der Waals surface area contributed by atoms with Crippen LogP contribution in [-0.4, -0.2) is 18.3 Å². The van der Waals surface area contributed by atoms with Crippen molar-refractivity contribution in [1.82, 2.24) is 0 Å². The fourth-order valence-corrected chi connectivity index (χ4v) is 2.42. The third kappa shape index (κ3) is 2.39. The zero-order chi connectivity index (χ0) is 13.7. The Morgan fingerprint density at radius 1 is 0.944 bits per heavy atom. The molecule has 1 aliphatic rings. The molecule has 0 radical (unpaired) electrons. The van der Waals surface area contributed by atoms with Crippen LogP contribution in [0.5, 0.6) is 0 Å². The van der Waals surface area contributed by atoms with Crippen molar-refractivity contribution in [3.05, 3.63) is 27.2 Å². The first-order valence-corrected chi connectivity index (χ1v) is 6.77. The maximum atomic E-state index is 6.18. The molecule has 0 unspecified atom stereocenters. The number of hydrogen-bond acceptors (Lipinski definition) is 2. The molecule has 0 spiro atoms. The molecule has 0 aliphatic carbocycles. The summed E-state index contributed by atoms with van der Waals surface area (Å²) in [6.45, 7) is 7.92. The Bertz CT molecular complexity index is 472. The van der Waals surface area contributed by atoms with Gasteiger partial charge in [-0.2, -0.15) is 0 Å². The first-order chi connectivity index (χ1) is 8.14. The summed E-state index contributed by atoms with van der Waals surface area (Å²) in [7, 11) is -0.557. The summed E-state index contributed by atoms with van der Waals surface area (Å²) in [6.07, 6.45) is 0. The van der Waals surface area contributed by atoms with Crippen LogP contribution >= 0.6 is 34.8 Å². The van der Waals surface area contributed by atoms with Gasteiger partial charge < -0.3 is 9.31 Å². The SMILES string of the molecule is CC1(C)OB(c2cc(Cl)cc(Cl)c2Cl)OC1(C)C. The molecule has 2 nitrogen and oxygen atoms in total. The van der Waals surface area contributed by atoms with E-state index in [2.05, 4.69) is 0 Å². The van der Waals surface area contributed by atoms with E-state index in [-0.39, 0.29) is 0 Å². The standard InChI is InChI=1S/C12H14BCl3O2/c1-11(2)12(3,4)18-13(17-11)8-5-7(14)6-9(15)10(8)16/h5-6H,1-4H3. The fraction of sp³-hybridized carbons (Fsp3) is 0.500. The largest absolute Gasteiger partial charge is 0.496 e. The van der Waals surface area contributed by atoms with Crippen LogP contribution in [0.3, 0.4) is 0 Å². The van der Waals surface area contributed by atoms with E-state index in [0.29, 0.717) is 20.5 Å². The molecule has 0 bridgehead atoms. The van der Waals surface area contributed by atoms with Crippen LogP contribution in [0.4, 0.5) is 0 Å². The van der Waals surface area contributed by atoms with Gasteiger partial charge in [0.15, 0.2) is 0 Å². The highest BCUT2D eigenvalue weighted by molar-refractivity contribution is 6.67. The lowest BCUT2D eigenvalue weighted by atomic mass is 9.79. The Kier molecular flexibility index (Phi) is 3.68. The highest BCUT2D eigenvalue weighted by Crippen LogP contribution is 2.37. The van der Waals surface area contributed by atoms with Gasteiger partial charge >= 0.3 is 7.12 Å². The summed E-state index contributed by atoms with van der Waals surface area (Å²) < 4.78 is 11.8. The van der Waals surface area contributed by atoms with Gasteiger partial charge in [-0.05, 0) is 39.8 Å². The molecule has 0 atom stereocenters. The van der Waals surface area contributed by atoms with Crippen molar-refractivity contribution in [3.63, 3.8) is 0 Å². The average Bonchev–Trinajstić information content (AvgIpc) is 2.42. The van der Waals surface area contributed by atoms with Crippen LogP contribution in [-0.2, 0) is 9.31 Å². The molecule has 1 saturated heterocycles. The molecule has 98 valence electrons. The van der Waals surface area contributed by atoms with Gasteiger partial charge in [0.2, 0.25) is 0 Å². The molecule has 1 heterocycles. The Labute approximate surface area is 123 Å². The van der Waals surface area contributed by atoms with E-state index >= 15 is 0 Å². The van der Waals surface area contributed by atoms with Gasteiger partial charge in [-0.15, -0.1) is 0 Å². The molecule has 18 heavy (non-hydrogen) atoms. The average molecular weight is 307 g/mol. The second-order valence-electron chi connectivity index (χ2n) is 5.38. The van der Waals surface area contributed by atoms with Crippen molar-refractivity contribution in [2.24, 2.45) is 0 Å². The Morgan fingerprint density at radius 2 is 1.44 bits per heavy atom. The molecule has 0 saturated carbocycles. The van der Waals surface area contributed by atoms with Crippen LogP contribution in [0.15, 0.2) is 12.1 Å². The number of halogens is 3. The van der Waals surface area contributed by atoms with E-state index in [1.807, 2.05) is 27.7 Å². The van der Waals surface area contributed by atoms with Crippen molar-refractivity contribution < 1.29 is 9.31 Å². The molecular formula is C12H14BCl3O2. The van der Waals surface area contributed by atoms with Crippen molar-refractivity contribution in [2.45, 2.75) is 38.9 Å². The predicted octanol–water partition coefficient (Wildman–Crippen LogP) is 3.95. The molecule has 0 N–H and O–H groups in total. The zero-order valence-electron chi connectivity index (χ0n) is 10.7. The lowest BCUT2D eigenvalue weighted by Gasteiger charge is -2.32. The molecule has 0 aromatic heterocycles. The van der Waals surface area contributed by atoms with E-state index in [1.165, 1.54) is 0 Å². The summed E-state index contributed by atoms with van der Waals surface area (Å²) in [5, 5.41) is 1.32. The zero-order valence-corrected chi connectivity index (χ0v) is 13.0. The highest BCUT2D eigenvalue weighted by Gasteiger charge is 2.52. The minimum Gasteiger partial charge on any atom is -0.399 e. The van der Waals surface area contributed by atoms with Gasteiger partial charge in [0, 0.05) is 10.5 Å². The lowest BCUT2D eigenvalue weighted by Crippen LogP contribution is -2.41. The van der Waals surface area contributed by atoms with E-state index in [4.69, 9.17) is 44.1 Å². The number of rotatable bonds is 1. The van der Waals surface area contributed by atoms with Crippen molar-refractivity contribution in [3.8, 4) is 0 Å². The van der Waals surface area contributed by atoms with Crippen LogP contribution in [0, 0.1) is 0 Å². The molecule has 0 amide bonds. The van der Waals surface area contributed by atoms with Gasteiger partial charge in [0.1, 0.15) is 0 Å². The van der Waals surface area contributed by atoms with E-state index in [0.717, 1.165) is 0 Å². The van der Waals surface area contributed by atoms with Crippen LogP contribution in [0.2, 0.25) is 15.1 Å². The first-order valence-electron chi connectivity index (χ1n) is 5.64. The third-order valence-corrected chi connectivity index (χ3v) is 4.56. The van der Waals surface area contributed by atoms with Crippen molar-refractivity contribution in [1.29, 1.82) is 0 Å². The van der Waals surface area contributed by atoms with Gasteiger partial charge in [-0.3, -0.25) is 0 Å². The molecule has 2 rings (SSSR count). The Balaban J connectivity index is 2.41. The maximum absolute atomic E-state index is 6.18. The Morgan fingerprint density at radius 3 is 1.94 bits per heavy atom. The molecule has 1 fully saturated rings. The van der Waals surface area contributed by atoms with E-state index in [9.17, 15) is 0 Å². The molecule has 6 heteroatoms. The summed E-state index contributed by atoms with van der Waals surface area (Å²) in [5.41, 5.74) is -0.182. The quantitative estimate of drug-likeness (QED) is 0.578. The number of benzene rings is 1. The van der Waals surface area contributed by atoms with Gasteiger partial charge in [-0.25, -0.2) is 0 Å². The molecule has 1 aromatic rings.